The van der Waals surface area contributed by atoms with Crippen molar-refractivity contribution in [2.24, 2.45) is 5.10 Å². The van der Waals surface area contributed by atoms with E-state index in [4.69, 9.17) is 4.42 Å². The van der Waals surface area contributed by atoms with Gasteiger partial charge in [0.05, 0.1) is 16.3 Å². The zero-order valence-corrected chi connectivity index (χ0v) is 21.2. The average Bonchev–Trinajstić information content (AvgIpc) is 3.42. The lowest BCUT2D eigenvalue weighted by Crippen LogP contribution is -2.16. The number of carbonyl (C=O) groups excluding carboxylic acids is 1. The second-order valence-electron chi connectivity index (χ2n) is 7.85. The molecule has 0 saturated carbocycles. The highest BCUT2D eigenvalue weighted by Gasteiger charge is 2.14. The number of benzene rings is 3. The van der Waals surface area contributed by atoms with E-state index in [1.807, 2.05) is 53.2 Å². The van der Waals surface area contributed by atoms with Gasteiger partial charge in [0.2, 0.25) is 0 Å². The minimum Gasteiger partial charge on any atom is -0.478 e. The Labute approximate surface area is 216 Å². The molecule has 2 N–H and O–H groups in total. The highest BCUT2D eigenvalue weighted by molar-refractivity contribution is 9.11. The fourth-order valence-corrected chi connectivity index (χ4v) is 5.25. The number of amides is 1. The van der Waals surface area contributed by atoms with Crippen LogP contribution in [0.4, 0.5) is 0 Å². The number of hydrogen-bond donors (Lipinski definition) is 2. The molecule has 3 aromatic carbocycles. The van der Waals surface area contributed by atoms with Gasteiger partial charge in [0.15, 0.2) is 5.76 Å². The maximum absolute atomic E-state index is 12.6. The third kappa shape index (κ3) is 4.78. The van der Waals surface area contributed by atoms with Gasteiger partial charge in [0, 0.05) is 39.1 Å². The smallest absolute Gasteiger partial charge is 0.335 e. The predicted molar refractivity (Wildman–Crippen MR) is 141 cm³/mol. The van der Waals surface area contributed by atoms with Crippen molar-refractivity contribution >= 4 is 71.8 Å². The number of rotatable bonds is 6. The fourth-order valence-electron chi connectivity index (χ4n) is 3.91. The highest BCUT2D eigenvalue weighted by atomic mass is 79.9. The molecule has 0 bridgehead atoms. The summed E-state index contributed by atoms with van der Waals surface area (Å²) in [5.41, 5.74) is 5.99. The van der Waals surface area contributed by atoms with Gasteiger partial charge in [0.25, 0.3) is 0 Å². The van der Waals surface area contributed by atoms with Crippen LogP contribution >= 0.6 is 31.9 Å². The topological polar surface area (TPSA) is 96.8 Å². The van der Waals surface area contributed by atoms with Gasteiger partial charge >= 0.3 is 11.9 Å². The van der Waals surface area contributed by atoms with E-state index >= 15 is 0 Å². The summed E-state index contributed by atoms with van der Waals surface area (Å²) in [5.74, 6) is -1.27. The Kier molecular flexibility index (Phi) is 6.27. The Bertz CT molecular complexity index is 1630. The van der Waals surface area contributed by atoms with Crippen molar-refractivity contribution in [2.75, 3.05) is 0 Å². The van der Waals surface area contributed by atoms with E-state index in [0.717, 1.165) is 36.4 Å². The van der Waals surface area contributed by atoms with Crippen LogP contribution in [0.15, 0.2) is 91.4 Å². The molecule has 0 radical (unpaired) electrons. The Balaban J connectivity index is 1.38. The molecular formula is C26H17Br2N3O4. The largest absolute Gasteiger partial charge is 0.478 e. The number of carboxylic acid groups (broad SMARTS) is 1. The summed E-state index contributed by atoms with van der Waals surface area (Å²) in [4.78, 5) is 23.9. The van der Waals surface area contributed by atoms with Crippen LogP contribution in [0, 0.1) is 0 Å². The molecule has 7 nitrogen and oxygen atoms in total. The van der Waals surface area contributed by atoms with Crippen LogP contribution in [0.1, 0.15) is 32.0 Å². The summed E-state index contributed by atoms with van der Waals surface area (Å²) >= 11 is 6.86. The molecule has 5 rings (SSSR count). The first-order valence-corrected chi connectivity index (χ1v) is 12.1. The third-order valence-corrected chi connectivity index (χ3v) is 6.52. The Morgan fingerprint density at radius 2 is 1.89 bits per heavy atom. The molecule has 0 aliphatic rings. The molecule has 0 aliphatic carbocycles. The molecule has 0 spiro atoms. The SMILES string of the molecule is O=C(O)c1cccc(Cn2cc(/C=N\NC(=O)c3cc4cc(Br)cc(Br)c4o3)c3ccccc32)c1. The summed E-state index contributed by atoms with van der Waals surface area (Å²) in [6.45, 7) is 0.491. The summed E-state index contributed by atoms with van der Waals surface area (Å²) in [5, 5.41) is 15.2. The maximum atomic E-state index is 12.6. The van der Waals surface area contributed by atoms with Gasteiger partial charge in [-0.05, 0) is 57.9 Å². The number of carbonyl (C=O) groups is 2. The van der Waals surface area contributed by atoms with Crippen LogP contribution in [-0.4, -0.2) is 27.8 Å². The number of aromatic carboxylic acids is 1. The van der Waals surface area contributed by atoms with Crippen LogP contribution in [0.2, 0.25) is 0 Å². The first-order chi connectivity index (χ1) is 16.9. The lowest BCUT2D eigenvalue weighted by atomic mass is 10.1. The van der Waals surface area contributed by atoms with E-state index in [-0.39, 0.29) is 11.3 Å². The number of halogens is 2. The van der Waals surface area contributed by atoms with Crippen molar-refractivity contribution in [1.82, 2.24) is 9.99 Å². The molecule has 2 aromatic heterocycles. The number of hydrazone groups is 1. The standard InChI is InChI=1S/C26H17Br2N3O4/c27-19-9-17-10-23(35-24(17)21(28)11-19)25(32)30-29-12-18-14-31(22-7-2-1-6-20(18)22)13-15-4-3-5-16(8-15)26(33)34/h1-12,14H,13H2,(H,30,32)(H,33,34)/b29-12-. The van der Waals surface area contributed by atoms with Crippen molar-refractivity contribution in [1.29, 1.82) is 0 Å². The lowest BCUT2D eigenvalue weighted by Gasteiger charge is -2.06. The zero-order chi connectivity index (χ0) is 24.5. The van der Waals surface area contributed by atoms with Crippen molar-refractivity contribution < 1.29 is 19.1 Å². The van der Waals surface area contributed by atoms with Gasteiger partial charge in [-0.15, -0.1) is 0 Å². The molecule has 2 heterocycles. The first kappa shape index (κ1) is 23.1. The molecule has 174 valence electrons. The number of para-hydroxylation sites is 1. The van der Waals surface area contributed by atoms with Gasteiger partial charge < -0.3 is 14.1 Å². The molecule has 5 aromatic rings. The zero-order valence-electron chi connectivity index (χ0n) is 18.0. The molecular weight excluding hydrogens is 578 g/mol. The Morgan fingerprint density at radius 1 is 1.06 bits per heavy atom. The summed E-state index contributed by atoms with van der Waals surface area (Å²) in [6, 6.07) is 20.0. The molecule has 0 aliphatic heterocycles. The van der Waals surface area contributed by atoms with E-state index in [1.165, 1.54) is 0 Å². The number of aromatic nitrogens is 1. The minimum atomic E-state index is -0.961. The number of furan rings is 1. The van der Waals surface area contributed by atoms with E-state index in [2.05, 4.69) is 42.4 Å². The van der Waals surface area contributed by atoms with Gasteiger partial charge in [-0.1, -0.05) is 46.3 Å². The van der Waals surface area contributed by atoms with Crippen LogP contribution in [0.5, 0.6) is 0 Å². The molecule has 0 atom stereocenters. The van der Waals surface area contributed by atoms with Crippen LogP contribution in [0.25, 0.3) is 21.9 Å². The first-order valence-electron chi connectivity index (χ1n) is 10.5. The second-order valence-corrected chi connectivity index (χ2v) is 9.62. The number of carboxylic acids is 1. The third-order valence-electron chi connectivity index (χ3n) is 5.48. The Hall–Kier alpha value is -3.69. The van der Waals surface area contributed by atoms with E-state index in [1.54, 1.807) is 30.5 Å². The number of nitrogens with one attached hydrogen (secondary N) is 1. The minimum absolute atomic E-state index is 0.150. The van der Waals surface area contributed by atoms with Gasteiger partial charge in [0.1, 0.15) is 5.58 Å². The molecule has 0 fully saturated rings. The van der Waals surface area contributed by atoms with Crippen molar-refractivity contribution in [3.8, 4) is 0 Å². The van der Waals surface area contributed by atoms with Crippen LogP contribution in [0.3, 0.4) is 0 Å². The lowest BCUT2D eigenvalue weighted by molar-refractivity contribution is 0.0696. The van der Waals surface area contributed by atoms with E-state index < -0.39 is 11.9 Å². The highest BCUT2D eigenvalue weighted by Crippen LogP contribution is 2.31. The number of fused-ring (bicyclic) bond motifs is 2. The number of nitrogens with zero attached hydrogens (tertiary/aromatic N) is 2. The van der Waals surface area contributed by atoms with E-state index in [9.17, 15) is 14.7 Å². The molecule has 0 unspecified atom stereocenters. The van der Waals surface area contributed by atoms with Gasteiger partial charge in [-0.25, -0.2) is 10.2 Å². The predicted octanol–water partition coefficient (Wildman–Crippen LogP) is 6.42. The molecule has 1 amide bonds. The normalized spacial score (nSPS) is 11.5. The van der Waals surface area contributed by atoms with Crippen LogP contribution in [-0.2, 0) is 6.54 Å². The van der Waals surface area contributed by atoms with Crippen molar-refractivity contribution in [3.63, 3.8) is 0 Å². The van der Waals surface area contributed by atoms with Crippen molar-refractivity contribution in [3.05, 3.63) is 104 Å². The van der Waals surface area contributed by atoms with Crippen LogP contribution < -0.4 is 5.43 Å². The summed E-state index contributed by atoms with van der Waals surface area (Å²) in [6.07, 6.45) is 3.50. The Morgan fingerprint density at radius 3 is 2.71 bits per heavy atom. The summed E-state index contributed by atoms with van der Waals surface area (Å²) < 4.78 is 9.32. The van der Waals surface area contributed by atoms with Crippen molar-refractivity contribution in [2.45, 2.75) is 6.54 Å². The van der Waals surface area contributed by atoms with E-state index in [0.29, 0.717) is 12.1 Å². The maximum Gasteiger partial charge on any atom is 0.335 e. The molecule has 35 heavy (non-hydrogen) atoms. The summed E-state index contributed by atoms with van der Waals surface area (Å²) in [7, 11) is 0. The monoisotopic (exact) mass is 593 g/mol. The molecule has 0 saturated heterocycles. The fraction of sp³-hybridized carbons (Fsp3) is 0.0385. The number of hydrogen-bond acceptors (Lipinski definition) is 4. The molecule has 9 heteroatoms. The van der Waals surface area contributed by atoms with Gasteiger partial charge in [-0.3, -0.25) is 4.79 Å². The quantitative estimate of drug-likeness (QED) is 0.175. The average molecular weight is 595 g/mol. The van der Waals surface area contributed by atoms with Gasteiger partial charge in [-0.2, -0.15) is 5.10 Å². The second kappa shape index (κ2) is 9.52.